The molecule has 0 aromatic heterocycles. The fourth-order valence-corrected chi connectivity index (χ4v) is 4.07. The summed E-state index contributed by atoms with van der Waals surface area (Å²) in [6, 6.07) is 10.2. The van der Waals surface area contributed by atoms with Crippen LogP contribution >= 0.6 is 22.6 Å². The number of rotatable bonds is 1. The van der Waals surface area contributed by atoms with Gasteiger partial charge in [0, 0.05) is 28.7 Å². The van der Waals surface area contributed by atoms with Crippen molar-refractivity contribution >= 4 is 28.3 Å². The predicted molar refractivity (Wildman–Crippen MR) is 85.2 cm³/mol. The normalized spacial score (nSPS) is 29.1. The largest absolute Gasteiger partial charge is 0.365 e. The van der Waals surface area contributed by atoms with E-state index in [2.05, 4.69) is 63.6 Å². The summed E-state index contributed by atoms with van der Waals surface area (Å²) in [4.78, 5) is 5.33. The summed E-state index contributed by atoms with van der Waals surface area (Å²) < 4.78 is 1.38. The maximum absolute atomic E-state index is 2.71. The lowest BCUT2D eigenvalue weighted by Crippen LogP contribution is -2.59. The van der Waals surface area contributed by atoms with Crippen LogP contribution in [0.3, 0.4) is 0 Å². The van der Waals surface area contributed by atoms with Gasteiger partial charge in [0.1, 0.15) is 0 Å². The smallest absolute Gasteiger partial charge is 0.0505 e. The lowest BCUT2D eigenvalue weighted by molar-refractivity contribution is 0.115. The third kappa shape index (κ3) is 2.39. The second-order valence-electron chi connectivity index (χ2n) is 5.60. The van der Waals surface area contributed by atoms with Crippen molar-refractivity contribution < 1.29 is 0 Å². The van der Waals surface area contributed by atoms with Gasteiger partial charge in [0.15, 0.2) is 0 Å². The zero-order chi connectivity index (χ0) is 12.5. The van der Waals surface area contributed by atoms with Gasteiger partial charge >= 0.3 is 0 Å². The molecule has 0 aliphatic carbocycles. The van der Waals surface area contributed by atoms with Crippen LogP contribution in [0.25, 0.3) is 0 Å². The van der Waals surface area contributed by atoms with Crippen LogP contribution in [-0.4, -0.2) is 36.6 Å². The number of nitrogens with zero attached hydrogens (tertiary/aromatic N) is 2. The lowest BCUT2D eigenvalue weighted by atomic mass is 9.96. The van der Waals surface area contributed by atoms with Crippen LogP contribution in [0, 0.1) is 3.57 Å². The van der Waals surface area contributed by atoms with Crippen LogP contribution in [0.5, 0.6) is 0 Å². The van der Waals surface area contributed by atoms with E-state index in [1.165, 1.54) is 48.2 Å². The van der Waals surface area contributed by atoms with Crippen LogP contribution < -0.4 is 4.90 Å². The standard InChI is InChI=1S/C15H21IN2/c1-12-10-17-9-5-4-6-13(17)11-18(12)15-8-3-2-7-14(15)16/h2-3,7-8,12-13H,4-6,9-11H2,1H3. The molecule has 1 aromatic rings. The summed E-state index contributed by atoms with van der Waals surface area (Å²) in [6.45, 7) is 6.12. The predicted octanol–water partition coefficient (Wildman–Crippen LogP) is 3.35. The van der Waals surface area contributed by atoms with Crippen LogP contribution in [0.4, 0.5) is 5.69 Å². The summed E-state index contributed by atoms with van der Waals surface area (Å²) in [5, 5.41) is 0. The molecule has 2 saturated heterocycles. The first kappa shape index (κ1) is 12.7. The zero-order valence-corrected chi connectivity index (χ0v) is 13.1. The van der Waals surface area contributed by atoms with Gasteiger partial charge in [-0.3, -0.25) is 4.90 Å². The summed E-state index contributed by atoms with van der Waals surface area (Å²) in [6.07, 6.45) is 4.19. The second-order valence-corrected chi connectivity index (χ2v) is 6.76. The van der Waals surface area contributed by atoms with Gasteiger partial charge in [0.2, 0.25) is 0 Å². The van der Waals surface area contributed by atoms with Crippen molar-refractivity contribution in [3.63, 3.8) is 0 Å². The highest BCUT2D eigenvalue weighted by Crippen LogP contribution is 2.30. The molecule has 0 spiro atoms. The van der Waals surface area contributed by atoms with E-state index in [0.29, 0.717) is 6.04 Å². The first-order chi connectivity index (χ1) is 8.75. The maximum atomic E-state index is 2.71. The molecule has 2 aliphatic heterocycles. The van der Waals surface area contributed by atoms with Crippen LogP contribution in [-0.2, 0) is 0 Å². The second kappa shape index (κ2) is 5.37. The molecule has 1 aromatic carbocycles. The monoisotopic (exact) mass is 356 g/mol. The molecule has 2 fully saturated rings. The Labute approximate surface area is 123 Å². The Bertz CT molecular complexity index is 421. The summed E-state index contributed by atoms with van der Waals surface area (Å²) in [5.41, 5.74) is 1.43. The zero-order valence-electron chi connectivity index (χ0n) is 11.0. The molecule has 98 valence electrons. The Kier molecular flexibility index (Phi) is 3.80. The molecule has 2 unspecified atom stereocenters. The number of piperidine rings is 1. The maximum Gasteiger partial charge on any atom is 0.0505 e. The van der Waals surface area contributed by atoms with E-state index >= 15 is 0 Å². The van der Waals surface area contributed by atoms with E-state index < -0.39 is 0 Å². The molecule has 3 rings (SSSR count). The molecular weight excluding hydrogens is 335 g/mol. The van der Waals surface area contributed by atoms with Crippen molar-refractivity contribution in [2.75, 3.05) is 24.5 Å². The minimum Gasteiger partial charge on any atom is -0.365 e. The molecule has 0 bridgehead atoms. The topological polar surface area (TPSA) is 6.48 Å². The fourth-order valence-electron chi connectivity index (χ4n) is 3.37. The third-order valence-electron chi connectivity index (χ3n) is 4.35. The Balaban J connectivity index is 1.82. The van der Waals surface area contributed by atoms with Crippen molar-refractivity contribution in [2.24, 2.45) is 0 Å². The first-order valence-electron chi connectivity index (χ1n) is 7.01. The van der Waals surface area contributed by atoms with Gasteiger partial charge < -0.3 is 4.90 Å². The van der Waals surface area contributed by atoms with Crippen molar-refractivity contribution in [1.29, 1.82) is 0 Å². The van der Waals surface area contributed by atoms with Crippen LogP contribution in [0.2, 0.25) is 0 Å². The van der Waals surface area contributed by atoms with E-state index in [1.54, 1.807) is 0 Å². The van der Waals surface area contributed by atoms with Crippen molar-refractivity contribution in [3.8, 4) is 0 Å². The van der Waals surface area contributed by atoms with Gasteiger partial charge in [0.05, 0.1) is 5.69 Å². The molecule has 0 N–H and O–H groups in total. The molecule has 0 radical (unpaired) electrons. The van der Waals surface area contributed by atoms with Crippen LogP contribution in [0.15, 0.2) is 24.3 Å². The van der Waals surface area contributed by atoms with Gasteiger partial charge in [-0.25, -0.2) is 0 Å². The third-order valence-corrected chi connectivity index (χ3v) is 5.26. The van der Waals surface area contributed by atoms with Gasteiger partial charge in [-0.05, 0) is 61.0 Å². The Morgan fingerprint density at radius 3 is 2.83 bits per heavy atom. The number of piperazine rings is 1. The number of hydrogen-bond donors (Lipinski definition) is 0. The van der Waals surface area contributed by atoms with E-state index in [0.717, 1.165) is 6.04 Å². The number of halogens is 1. The van der Waals surface area contributed by atoms with Crippen molar-refractivity contribution in [2.45, 2.75) is 38.3 Å². The Morgan fingerprint density at radius 1 is 1.17 bits per heavy atom. The van der Waals surface area contributed by atoms with Gasteiger partial charge in [-0.2, -0.15) is 0 Å². The molecule has 2 atom stereocenters. The number of benzene rings is 1. The lowest BCUT2D eigenvalue weighted by Gasteiger charge is -2.48. The highest BCUT2D eigenvalue weighted by atomic mass is 127. The van der Waals surface area contributed by atoms with Crippen molar-refractivity contribution in [1.82, 2.24) is 4.90 Å². The molecule has 2 nitrogen and oxygen atoms in total. The number of anilines is 1. The quantitative estimate of drug-likeness (QED) is 0.712. The number of para-hydroxylation sites is 1. The minimum absolute atomic E-state index is 0.635. The summed E-state index contributed by atoms with van der Waals surface area (Å²) >= 11 is 2.47. The molecule has 18 heavy (non-hydrogen) atoms. The van der Waals surface area contributed by atoms with Gasteiger partial charge in [-0.15, -0.1) is 0 Å². The van der Waals surface area contributed by atoms with E-state index in [-0.39, 0.29) is 0 Å². The average Bonchev–Trinajstić information content (AvgIpc) is 2.39. The fraction of sp³-hybridized carbons (Fsp3) is 0.600. The molecule has 2 aliphatic rings. The molecule has 2 heterocycles. The molecule has 0 amide bonds. The summed E-state index contributed by atoms with van der Waals surface area (Å²) in [5.74, 6) is 0. The minimum atomic E-state index is 0.635. The van der Waals surface area contributed by atoms with E-state index in [1.807, 2.05) is 0 Å². The average molecular weight is 356 g/mol. The first-order valence-corrected chi connectivity index (χ1v) is 8.09. The van der Waals surface area contributed by atoms with Gasteiger partial charge in [-0.1, -0.05) is 18.6 Å². The molecule has 0 saturated carbocycles. The SMILES string of the molecule is CC1CN2CCCCC2CN1c1ccccc1I. The highest BCUT2D eigenvalue weighted by molar-refractivity contribution is 14.1. The van der Waals surface area contributed by atoms with Gasteiger partial charge in [0.25, 0.3) is 0 Å². The van der Waals surface area contributed by atoms with E-state index in [9.17, 15) is 0 Å². The number of hydrogen-bond acceptors (Lipinski definition) is 2. The molecular formula is C15H21IN2. The highest BCUT2D eigenvalue weighted by Gasteiger charge is 2.33. The van der Waals surface area contributed by atoms with Crippen molar-refractivity contribution in [3.05, 3.63) is 27.8 Å². The Morgan fingerprint density at radius 2 is 2.00 bits per heavy atom. The Hall–Kier alpha value is -0.290. The summed E-state index contributed by atoms with van der Waals surface area (Å²) in [7, 11) is 0. The molecule has 3 heteroatoms. The number of fused-ring (bicyclic) bond motifs is 1. The van der Waals surface area contributed by atoms with E-state index in [4.69, 9.17) is 0 Å². The van der Waals surface area contributed by atoms with Crippen LogP contribution in [0.1, 0.15) is 26.2 Å².